The molecule has 6 heteroatoms. The van der Waals surface area contributed by atoms with Crippen LogP contribution in [-0.4, -0.2) is 49.2 Å². The molecule has 1 aromatic rings. The molecule has 1 saturated carbocycles. The summed E-state index contributed by atoms with van der Waals surface area (Å²) in [6.45, 7) is 0.274. The van der Waals surface area contributed by atoms with Crippen LogP contribution in [0.4, 0.5) is 4.79 Å². The summed E-state index contributed by atoms with van der Waals surface area (Å²) in [5, 5.41) is 1.28. The van der Waals surface area contributed by atoms with E-state index in [2.05, 4.69) is 0 Å². The molecule has 2 amide bonds. The van der Waals surface area contributed by atoms with Crippen LogP contribution < -0.4 is 0 Å². The van der Waals surface area contributed by atoms with Crippen LogP contribution in [0.25, 0.3) is 0 Å². The molecule has 2 rings (SSSR count). The van der Waals surface area contributed by atoms with Gasteiger partial charge in [0.25, 0.3) is 0 Å². The fourth-order valence-electron chi connectivity index (χ4n) is 3.03. The molecular formula is C18H26N2O4. The number of nitrogens with zero attached hydrogens (tertiary/aromatic N) is 2. The highest BCUT2D eigenvalue weighted by Gasteiger charge is 2.31. The van der Waals surface area contributed by atoms with Gasteiger partial charge in [-0.3, -0.25) is 9.63 Å². The van der Waals surface area contributed by atoms with Crippen LogP contribution in [0, 0.1) is 5.92 Å². The molecule has 0 N–H and O–H groups in total. The lowest BCUT2D eigenvalue weighted by Crippen LogP contribution is -2.42. The maximum absolute atomic E-state index is 12.2. The molecule has 0 radical (unpaired) electrons. The van der Waals surface area contributed by atoms with Gasteiger partial charge in [0.05, 0.1) is 7.11 Å². The zero-order chi connectivity index (χ0) is 17.5. The maximum Gasteiger partial charge on any atom is 0.410 e. The first-order valence-corrected chi connectivity index (χ1v) is 8.28. The summed E-state index contributed by atoms with van der Waals surface area (Å²) in [4.78, 5) is 30.9. The van der Waals surface area contributed by atoms with Crippen LogP contribution in [0.5, 0.6) is 0 Å². The van der Waals surface area contributed by atoms with Gasteiger partial charge in [-0.2, -0.15) is 0 Å². The summed E-state index contributed by atoms with van der Waals surface area (Å²) in [5.74, 6) is -0.0230. The smallest absolute Gasteiger partial charge is 0.410 e. The molecule has 1 aromatic carbocycles. The van der Waals surface area contributed by atoms with Crippen molar-refractivity contribution in [3.05, 3.63) is 35.9 Å². The van der Waals surface area contributed by atoms with Crippen LogP contribution in [0.1, 0.15) is 31.2 Å². The fraction of sp³-hybridized carbons (Fsp3) is 0.556. The molecular weight excluding hydrogens is 308 g/mol. The zero-order valence-corrected chi connectivity index (χ0v) is 14.6. The maximum atomic E-state index is 12.2. The highest BCUT2D eigenvalue weighted by Crippen LogP contribution is 2.28. The molecule has 1 aliphatic rings. The van der Waals surface area contributed by atoms with E-state index in [1.165, 1.54) is 12.2 Å². The average molecular weight is 334 g/mol. The zero-order valence-electron chi connectivity index (χ0n) is 14.6. The second-order valence-corrected chi connectivity index (χ2v) is 6.17. The predicted molar refractivity (Wildman–Crippen MR) is 89.9 cm³/mol. The van der Waals surface area contributed by atoms with Crippen molar-refractivity contribution in [3.63, 3.8) is 0 Å². The monoisotopic (exact) mass is 334 g/mol. The lowest BCUT2D eigenvalue weighted by molar-refractivity contribution is -0.174. The largest absolute Gasteiger partial charge is 0.445 e. The summed E-state index contributed by atoms with van der Waals surface area (Å²) < 4.78 is 5.36. The number of hydrogen-bond donors (Lipinski definition) is 0. The van der Waals surface area contributed by atoms with Crippen LogP contribution in [-0.2, 0) is 21.0 Å². The van der Waals surface area contributed by atoms with E-state index in [9.17, 15) is 9.59 Å². The first kappa shape index (κ1) is 18.3. The van der Waals surface area contributed by atoms with Crippen molar-refractivity contribution in [2.45, 2.75) is 38.3 Å². The van der Waals surface area contributed by atoms with Gasteiger partial charge in [-0.05, 0) is 31.2 Å². The lowest BCUT2D eigenvalue weighted by atomic mass is 9.85. The minimum atomic E-state index is -0.317. The molecule has 132 valence electrons. The summed E-state index contributed by atoms with van der Waals surface area (Å²) in [5.41, 5.74) is 0.969. The van der Waals surface area contributed by atoms with Crippen molar-refractivity contribution < 1.29 is 19.2 Å². The summed E-state index contributed by atoms with van der Waals surface area (Å²) >= 11 is 0. The SMILES string of the molecule is CON(C)C(=O)C1CCC(N(C)C(=O)OCc2ccccc2)CC1. The van der Waals surface area contributed by atoms with Crippen molar-refractivity contribution in [2.24, 2.45) is 5.92 Å². The van der Waals surface area contributed by atoms with E-state index >= 15 is 0 Å². The van der Waals surface area contributed by atoms with E-state index in [0.29, 0.717) is 0 Å². The van der Waals surface area contributed by atoms with E-state index < -0.39 is 0 Å². The number of benzene rings is 1. The first-order valence-electron chi connectivity index (χ1n) is 8.28. The van der Waals surface area contributed by atoms with Gasteiger partial charge in [-0.1, -0.05) is 30.3 Å². The highest BCUT2D eigenvalue weighted by atomic mass is 16.7. The second kappa shape index (κ2) is 8.68. The Hall–Kier alpha value is -2.08. The van der Waals surface area contributed by atoms with E-state index in [1.54, 1.807) is 19.0 Å². The van der Waals surface area contributed by atoms with Crippen molar-refractivity contribution in [3.8, 4) is 0 Å². The lowest BCUT2D eigenvalue weighted by Gasteiger charge is -2.34. The third-order valence-electron chi connectivity index (χ3n) is 4.67. The van der Waals surface area contributed by atoms with E-state index in [0.717, 1.165) is 31.2 Å². The predicted octanol–water partition coefficient (Wildman–Crippen LogP) is 2.83. The Bertz CT molecular complexity index is 541. The molecule has 0 heterocycles. The normalized spacial score (nSPS) is 20.3. The Morgan fingerprint density at radius 2 is 1.71 bits per heavy atom. The molecule has 0 unspecified atom stereocenters. The highest BCUT2D eigenvalue weighted by molar-refractivity contribution is 5.77. The second-order valence-electron chi connectivity index (χ2n) is 6.17. The van der Waals surface area contributed by atoms with Crippen LogP contribution in [0.3, 0.4) is 0 Å². The molecule has 0 atom stereocenters. The Kier molecular flexibility index (Phi) is 6.61. The summed E-state index contributed by atoms with van der Waals surface area (Å²) in [6.07, 6.45) is 2.79. The molecule has 0 saturated heterocycles. The van der Waals surface area contributed by atoms with Crippen LogP contribution >= 0.6 is 0 Å². The van der Waals surface area contributed by atoms with E-state index in [-0.39, 0.29) is 30.6 Å². The Morgan fingerprint density at radius 1 is 1.08 bits per heavy atom. The first-order chi connectivity index (χ1) is 11.5. The van der Waals surface area contributed by atoms with Crippen LogP contribution in [0.2, 0.25) is 0 Å². The minimum absolute atomic E-state index is 0.00487. The molecule has 0 aromatic heterocycles. The van der Waals surface area contributed by atoms with Crippen molar-refractivity contribution >= 4 is 12.0 Å². The van der Waals surface area contributed by atoms with Gasteiger partial charge in [-0.25, -0.2) is 9.86 Å². The van der Waals surface area contributed by atoms with Crippen molar-refractivity contribution in [1.82, 2.24) is 9.96 Å². The third-order valence-corrected chi connectivity index (χ3v) is 4.67. The molecule has 1 fully saturated rings. The molecule has 24 heavy (non-hydrogen) atoms. The van der Waals surface area contributed by atoms with Crippen molar-refractivity contribution in [1.29, 1.82) is 0 Å². The molecule has 0 spiro atoms. The number of hydrogen-bond acceptors (Lipinski definition) is 4. The Morgan fingerprint density at radius 3 is 2.29 bits per heavy atom. The number of carbonyl (C=O) groups excluding carboxylic acids is 2. The standard InChI is InChI=1S/C18H26N2O4/c1-19(18(22)24-13-14-7-5-4-6-8-14)16-11-9-15(10-12-16)17(21)20(2)23-3/h4-8,15-16H,9-13H2,1-3H3. The molecule has 0 bridgehead atoms. The van der Waals surface area contributed by atoms with Gasteiger partial charge in [0.1, 0.15) is 6.61 Å². The van der Waals surface area contributed by atoms with Gasteiger partial charge in [0.2, 0.25) is 5.91 Å². The van der Waals surface area contributed by atoms with Gasteiger partial charge in [-0.15, -0.1) is 0 Å². The van der Waals surface area contributed by atoms with Crippen LogP contribution in [0.15, 0.2) is 30.3 Å². The summed E-state index contributed by atoms with van der Waals surface area (Å²) in [6, 6.07) is 9.74. The Balaban J connectivity index is 1.78. The minimum Gasteiger partial charge on any atom is -0.445 e. The van der Waals surface area contributed by atoms with Gasteiger partial charge in [0, 0.05) is 26.1 Å². The Labute approximate surface area is 143 Å². The van der Waals surface area contributed by atoms with Gasteiger partial charge >= 0.3 is 6.09 Å². The van der Waals surface area contributed by atoms with Gasteiger partial charge < -0.3 is 9.64 Å². The fourth-order valence-corrected chi connectivity index (χ4v) is 3.03. The third kappa shape index (κ3) is 4.71. The van der Waals surface area contributed by atoms with Crippen molar-refractivity contribution in [2.75, 3.05) is 21.2 Å². The number of carbonyl (C=O) groups is 2. The topological polar surface area (TPSA) is 59.1 Å². The number of amides is 2. The van der Waals surface area contributed by atoms with E-state index in [1.807, 2.05) is 30.3 Å². The number of rotatable bonds is 5. The molecule has 1 aliphatic carbocycles. The molecule has 6 nitrogen and oxygen atoms in total. The average Bonchev–Trinajstić information content (AvgIpc) is 2.65. The summed E-state index contributed by atoms with van der Waals surface area (Å²) in [7, 11) is 4.88. The number of hydroxylamine groups is 2. The van der Waals surface area contributed by atoms with Gasteiger partial charge in [0.15, 0.2) is 0 Å². The quantitative estimate of drug-likeness (QED) is 0.777. The van der Waals surface area contributed by atoms with E-state index in [4.69, 9.17) is 9.57 Å². The number of ether oxygens (including phenoxy) is 1. The molecule has 0 aliphatic heterocycles.